The quantitative estimate of drug-likeness (QED) is 0.504. The van der Waals surface area contributed by atoms with E-state index in [0.717, 1.165) is 25.9 Å². The lowest BCUT2D eigenvalue weighted by Gasteiger charge is -2.48. The van der Waals surface area contributed by atoms with Crippen LogP contribution in [0.4, 0.5) is 0 Å². The summed E-state index contributed by atoms with van der Waals surface area (Å²) in [6.07, 6.45) is 1.80. The van der Waals surface area contributed by atoms with Gasteiger partial charge in [-0.1, -0.05) is 0 Å². The molecule has 0 radical (unpaired) electrons. The van der Waals surface area contributed by atoms with Crippen LogP contribution >= 0.6 is 0 Å². The summed E-state index contributed by atoms with van der Waals surface area (Å²) in [6, 6.07) is 0.364. The van der Waals surface area contributed by atoms with Crippen LogP contribution in [0.15, 0.2) is 0 Å². The van der Waals surface area contributed by atoms with Gasteiger partial charge in [-0.25, -0.2) is 0 Å². The summed E-state index contributed by atoms with van der Waals surface area (Å²) >= 11 is 0. The molecular formula is C7H13NO2. The summed E-state index contributed by atoms with van der Waals surface area (Å²) in [4.78, 5) is 2.15. The Bertz CT molecular complexity index is 134. The molecule has 58 valence electrons. The predicted molar refractivity (Wildman–Crippen MR) is 36.6 cm³/mol. The number of β-amino-alcohol motifs (C(OH)–C–C–N with tert-alkyl or cyclic N) is 1. The molecule has 2 fully saturated rings. The Kier molecular flexibility index (Phi) is 1.44. The van der Waals surface area contributed by atoms with Gasteiger partial charge in [0.25, 0.3) is 0 Å². The zero-order chi connectivity index (χ0) is 7.14. The third-order valence-corrected chi connectivity index (χ3v) is 2.56. The largest absolute Gasteiger partial charge is 0.391 e. The molecule has 3 heteroatoms. The average Bonchev–Trinajstić information content (AvgIpc) is 1.82. The van der Waals surface area contributed by atoms with Crippen molar-refractivity contribution in [1.29, 1.82) is 0 Å². The maximum atomic E-state index is 9.21. The SMILES string of the molecule is OC1CN([C@@H]2CC[C@H]2O)C1. The van der Waals surface area contributed by atoms with Gasteiger partial charge in [-0.15, -0.1) is 0 Å². The van der Waals surface area contributed by atoms with Crippen LogP contribution in [0.25, 0.3) is 0 Å². The third-order valence-electron chi connectivity index (χ3n) is 2.56. The van der Waals surface area contributed by atoms with Gasteiger partial charge >= 0.3 is 0 Å². The minimum absolute atomic E-state index is 0.118. The summed E-state index contributed by atoms with van der Waals surface area (Å²) in [7, 11) is 0. The first-order valence-electron chi connectivity index (χ1n) is 3.87. The standard InChI is InChI=1S/C7H13NO2/c9-5-3-8(4-5)6-1-2-7(6)10/h5-7,9-10H,1-4H2/t6-,7-/m1/s1. The van der Waals surface area contributed by atoms with Gasteiger partial charge in [0.1, 0.15) is 0 Å². The minimum atomic E-state index is -0.132. The Labute approximate surface area is 60.3 Å². The highest BCUT2D eigenvalue weighted by Gasteiger charge is 2.39. The van der Waals surface area contributed by atoms with E-state index in [4.69, 9.17) is 5.11 Å². The molecule has 1 aliphatic carbocycles. The Morgan fingerprint density at radius 2 is 1.80 bits per heavy atom. The van der Waals surface area contributed by atoms with Crippen LogP contribution in [0.5, 0.6) is 0 Å². The van der Waals surface area contributed by atoms with Gasteiger partial charge in [0.05, 0.1) is 12.2 Å². The lowest BCUT2D eigenvalue weighted by molar-refractivity contribution is -0.0962. The molecule has 0 spiro atoms. The molecule has 0 bridgehead atoms. The van der Waals surface area contributed by atoms with Gasteiger partial charge in [0.15, 0.2) is 0 Å². The number of hydrogen-bond acceptors (Lipinski definition) is 3. The molecular weight excluding hydrogens is 130 g/mol. The zero-order valence-electron chi connectivity index (χ0n) is 5.90. The molecule has 3 nitrogen and oxygen atoms in total. The van der Waals surface area contributed by atoms with E-state index in [2.05, 4.69) is 4.90 Å². The van der Waals surface area contributed by atoms with E-state index in [0.29, 0.717) is 6.04 Å². The number of aliphatic hydroxyl groups excluding tert-OH is 2. The third kappa shape index (κ3) is 0.856. The Morgan fingerprint density at radius 3 is 2.10 bits per heavy atom. The van der Waals surface area contributed by atoms with Crippen molar-refractivity contribution < 1.29 is 10.2 Å². The Hall–Kier alpha value is -0.120. The molecule has 1 aliphatic heterocycles. The van der Waals surface area contributed by atoms with Crippen LogP contribution in [-0.2, 0) is 0 Å². The first kappa shape index (κ1) is 6.58. The van der Waals surface area contributed by atoms with Crippen molar-refractivity contribution in [3.05, 3.63) is 0 Å². The predicted octanol–water partition coefficient (Wildman–Crippen LogP) is -0.814. The van der Waals surface area contributed by atoms with Crippen molar-refractivity contribution in [1.82, 2.24) is 4.90 Å². The fourth-order valence-corrected chi connectivity index (χ4v) is 1.65. The highest BCUT2D eigenvalue weighted by molar-refractivity contribution is 4.94. The molecule has 0 aromatic carbocycles. The molecule has 2 rings (SSSR count). The van der Waals surface area contributed by atoms with Crippen molar-refractivity contribution in [2.24, 2.45) is 0 Å². The lowest BCUT2D eigenvalue weighted by Crippen LogP contribution is -2.61. The number of nitrogens with zero attached hydrogens (tertiary/aromatic N) is 1. The molecule has 1 saturated carbocycles. The number of rotatable bonds is 1. The first-order chi connectivity index (χ1) is 4.77. The Morgan fingerprint density at radius 1 is 1.10 bits per heavy atom. The summed E-state index contributed by atoms with van der Waals surface area (Å²) in [6.45, 7) is 1.53. The van der Waals surface area contributed by atoms with Crippen molar-refractivity contribution in [2.75, 3.05) is 13.1 Å². The molecule has 1 heterocycles. The molecule has 2 atom stereocenters. The second-order valence-electron chi connectivity index (χ2n) is 3.32. The van der Waals surface area contributed by atoms with E-state index >= 15 is 0 Å². The molecule has 0 aromatic heterocycles. The van der Waals surface area contributed by atoms with Gasteiger partial charge < -0.3 is 10.2 Å². The van der Waals surface area contributed by atoms with Crippen molar-refractivity contribution in [2.45, 2.75) is 31.1 Å². The molecule has 0 aromatic rings. The molecule has 0 amide bonds. The monoisotopic (exact) mass is 143 g/mol. The Balaban J connectivity index is 1.79. The van der Waals surface area contributed by atoms with Gasteiger partial charge in [0, 0.05) is 19.1 Å². The minimum Gasteiger partial charge on any atom is -0.391 e. The summed E-state index contributed by atoms with van der Waals surface area (Å²) in [5, 5.41) is 18.2. The van der Waals surface area contributed by atoms with E-state index in [1.54, 1.807) is 0 Å². The van der Waals surface area contributed by atoms with Crippen LogP contribution < -0.4 is 0 Å². The second-order valence-corrected chi connectivity index (χ2v) is 3.32. The summed E-state index contributed by atoms with van der Waals surface area (Å²) in [5.74, 6) is 0. The lowest BCUT2D eigenvalue weighted by atomic mass is 9.85. The van der Waals surface area contributed by atoms with Crippen LogP contribution in [0.3, 0.4) is 0 Å². The van der Waals surface area contributed by atoms with Gasteiger partial charge in [-0.05, 0) is 12.8 Å². The van der Waals surface area contributed by atoms with Crippen LogP contribution in [0.1, 0.15) is 12.8 Å². The first-order valence-corrected chi connectivity index (χ1v) is 3.87. The van der Waals surface area contributed by atoms with E-state index in [1.165, 1.54) is 0 Å². The number of aliphatic hydroxyl groups is 2. The maximum Gasteiger partial charge on any atom is 0.0794 e. The fourth-order valence-electron chi connectivity index (χ4n) is 1.65. The van der Waals surface area contributed by atoms with E-state index in [-0.39, 0.29) is 12.2 Å². The zero-order valence-corrected chi connectivity index (χ0v) is 5.90. The van der Waals surface area contributed by atoms with Crippen LogP contribution in [0.2, 0.25) is 0 Å². The highest BCUT2D eigenvalue weighted by Crippen LogP contribution is 2.28. The fraction of sp³-hybridized carbons (Fsp3) is 1.00. The van der Waals surface area contributed by atoms with Gasteiger partial charge in [-0.2, -0.15) is 0 Å². The second kappa shape index (κ2) is 2.19. The van der Waals surface area contributed by atoms with Crippen LogP contribution in [-0.4, -0.2) is 46.5 Å². The molecule has 0 unspecified atom stereocenters. The smallest absolute Gasteiger partial charge is 0.0794 e. The van der Waals surface area contributed by atoms with E-state index in [9.17, 15) is 5.11 Å². The van der Waals surface area contributed by atoms with Crippen molar-refractivity contribution in [3.63, 3.8) is 0 Å². The van der Waals surface area contributed by atoms with Gasteiger partial charge in [0.2, 0.25) is 0 Å². The maximum absolute atomic E-state index is 9.21. The summed E-state index contributed by atoms with van der Waals surface area (Å²) < 4.78 is 0. The van der Waals surface area contributed by atoms with E-state index < -0.39 is 0 Å². The molecule has 10 heavy (non-hydrogen) atoms. The molecule has 2 N–H and O–H groups in total. The van der Waals surface area contributed by atoms with Crippen LogP contribution in [0, 0.1) is 0 Å². The topological polar surface area (TPSA) is 43.7 Å². The van der Waals surface area contributed by atoms with Crippen molar-refractivity contribution >= 4 is 0 Å². The van der Waals surface area contributed by atoms with Crippen molar-refractivity contribution in [3.8, 4) is 0 Å². The highest BCUT2D eigenvalue weighted by atomic mass is 16.3. The van der Waals surface area contributed by atoms with Gasteiger partial charge in [-0.3, -0.25) is 4.90 Å². The number of likely N-dealkylation sites (tertiary alicyclic amines) is 1. The average molecular weight is 143 g/mol. The van der Waals surface area contributed by atoms with E-state index in [1.807, 2.05) is 0 Å². The molecule has 2 aliphatic rings. The normalized spacial score (nSPS) is 42.6. The number of hydrogen-bond donors (Lipinski definition) is 2. The summed E-state index contributed by atoms with van der Waals surface area (Å²) in [5.41, 5.74) is 0. The molecule has 1 saturated heterocycles.